The Hall–Kier alpha value is -0.130. The number of halogens is 1. The fourth-order valence-corrected chi connectivity index (χ4v) is 3.73. The van der Waals surface area contributed by atoms with Gasteiger partial charge in [-0.25, -0.2) is 0 Å². The van der Waals surface area contributed by atoms with Crippen LogP contribution in [0.4, 0.5) is 0 Å². The molecule has 3 heteroatoms. The molecule has 100 valence electrons. The Bertz CT molecular complexity index is 440. The van der Waals surface area contributed by atoms with E-state index in [9.17, 15) is 5.11 Å². The first-order chi connectivity index (χ1) is 8.23. The van der Waals surface area contributed by atoms with Gasteiger partial charge in [0.05, 0.1) is 17.3 Å². The topological polar surface area (TPSA) is 29.5 Å². The predicted octanol–water partition coefficient (Wildman–Crippen LogP) is 3.92. The van der Waals surface area contributed by atoms with Crippen LogP contribution in [0, 0.1) is 9.49 Å². The molecule has 2 rings (SSSR count). The molecule has 2 atom stereocenters. The largest absolute Gasteiger partial charge is 0.388 e. The van der Waals surface area contributed by atoms with Crippen LogP contribution in [0.3, 0.4) is 0 Å². The number of hydrogen-bond acceptors (Lipinski definition) is 2. The summed E-state index contributed by atoms with van der Waals surface area (Å²) in [4.78, 5) is 0. The lowest BCUT2D eigenvalue weighted by molar-refractivity contribution is -0.0881. The Morgan fingerprint density at radius 3 is 2.39 bits per heavy atom. The van der Waals surface area contributed by atoms with Gasteiger partial charge in [-0.1, -0.05) is 18.2 Å². The maximum atomic E-state index is 10.7. The molecule has 2 nitrogen and oxygen atoms in total. The van der Waals surface area contributed by atoms with E-state index in [-0.39, 0.29) is 17.1 Å². The molecule has 0 amide bonds. The summed E-state index contributed by atoms with van der Waals surface area (Å²) >= 11 is 2.28. The molecule has 0 spiro atoms. The molecule has 1 aliphatic rings. The van der Waals surface area contributed by atoms with E-state index in [2.05, 4.69) is 50.3 Å². The third-order valence-corrected chi connectivity index (χ3v) is 4.73. The van der Waals surface area contributed by atoms with Gasteiger partial charge in [0, 0.05) is 9.49 Å². The Morgan fingerprint density at radius 1 is 1.28 bits per heavy atom. The molecular formula is C15H21IO2. The van der Waals surface area contributed by atoms with E-state index in [0.29, 0.717) is 0 Å². The van der Waals surface area contributed by atoms with Crippen molar-refractivity contribution in [3.63, 3.8) is 0 Å². The molecule has 1 aromatic rings. The van der Waals surface area contributed by atoms with E-state index in [4.69, 9.17) is 4.74 Å². The van der Waals surface area contributed by atoms with Crippen LogP contribution in [0.15, 0.2) is 24.3 Å². The van der Waals surface area contributed by atoms with Gasteiger partial charge in [0.15, 0.2) is 0 Å². The first-order valence-electron chi connectivity index (χ1n) is 6.36. The molecule has 1 aromatic carbocycles. The predicted molar refractivity (Wildman–Crippen MR) is 81.5 cm³/mol. The van der Waals surface area contributed by atoms with E-state index < -0.39 is 6.10 Å². The van der Waals surface area contributed by atoms with Crippen LogP contribution in [-0.4, -0.2) is 16.3 Å². The summed E-state index contributed by atoms with van der Waals surface area (Å²) in [6.45, 7) is 8.34. The molecule has 1 heterocycles. The van der Waals surface area contributed by atoms with Crippen LogP contribution in [0.5, 0.6) is 0 Å². The van der Waals surface area contributed by atoms with Crippen molar-refractivity contribution in [2.45, 2.75) is 51.4 Å². The van der Waals surface area contributed by atoms with Crippen molar-refractivity contribution >= 4 is 22.6 Å². The average molecular weight is 360 g/mol. The maximum Gasteiger partial charge on any atom is 0.0856 e. The Morgan fingerprint density at radius 2 is 1.89 bits per heavy atom. The summed E-state index contributed by atoms with van der Waals surface area (Å²) < 4.78 is 7.18. The summed E-state index contributed by atoms with van der Waals surface area (Å²) in [5.41, 5.74) is 0.564. The summed E-state index contributed by atoms with van der Waals surface area (Å²) in [5, 5.41) is 10.7. The number of rotatable bonds is 2. The van der Waals surface area contributed by atoms with Gasteiger partial charge in [-0.15, -0.1) is 0 Å². The minimum atomic E-state index is -0.463. The van der Waals surface area contributed by atoms with Gasteiger partial charge in [0.1, 0.15) is 0 Å². The van der Waals surface area contributed by atoms with Gasteiger partial charge in [-0.3, -0.25) is 0 Å². The van der Waals surface area contributed by atoms with Gasteiger partial charge in [-0.2, -0.15) is 0 Å². The van der Waals surface area contributed by atoms with Crippen LogP contribution >= 0.6 is 22.6 Å². The SMILES string of the molecule is CC1(C)CC(C(O)c2ccccc2I)C(C)(C)O1. The molecule has 0 aromatic heterocycles. The molecule has 2 unspecified atom stereocenters. The van der Waals surface area contributed by atoms with Crippen molar-refractivity contribution < 1.29 is 9.84 Å². The zero-order chi connectivity index (χ0) is 13.6. The maximum absolute atomic E-state index is 10.7. The second-order valence-corrected chi connectivity index (χ2v) is 7.40. The molecule has 1 aliphatic heterocycles. The molecule has 1 saturated heterocycles. The zero-order valence-corrected chi connectivity index (χ0v) is 13.6. The first kappa shape index (κ1) is 14.3. The Labute approximate surface area is 123 Å². The molecule has 18 heavy (non-hydrogen) atoms. The smallest absolute Gasteiger partial charge is 0.0856 e. The van der Waals surface area contributed by atoms with Crippen molar-refractivity contribution in [1.82, 2.24) is 0 Å². The minimum Gasteiger partial charge on any atom is -0.388 e. The molecule has 1 fully saturated rings. The summed E-state index contributed by atoms with van der Waals surface area (Å²) in [6.07, 6.45) is 0.418. The number of benzene rings is 1. The van der Waals surface area contributed by atoms with E-state index >= 15 is 0 Å². The van der Waals surface area contributed by atoms with E-state index in [0.717, 1.165) is 15.6 Å². The number of hydrogen-bond donors (Lipinski definition) is 1. The van der Waals surface area contributed by atoms with Gasteiger partial charge in [0.2, 0.25) is 0 Å². The fourth-order valence-electron chi connectivity index (χ4n) is 3.03. The average Bonchev–Trinajstić information content (AvgIpc) is 2.46. The highest BCUT2D eigenvalue weighted by molar-refractivity contribution is 14.1. The highest BCUT2D eigenvalue weighted by Crippen LogP contribution is 2.48. The number of ether oxygens (including phenoxy) is 1. The standard InChI is InChI=1S/C15H21IO2/c1-14(2)9-11(15(3,4)18-14)13(17)10-7-5-6-8-12(10)16/h5-8,11,13,17H,9H2,1-4H3. The van der Waals surface area contributed by atoms with Crippen molar-refractivity contribution in [2.24, 2.45) is 5.92 Å². The second-order valence-electron chi connectivity index (χ2n) is 6.24. The van der Waals surface area contributed by atoms with E-state index in [1.165, 1.54) is 0 Å². The van der Waals surface area contributed by atoms with Crippen molar-refractivity contribution in [1.29, 1.82) is 0 Å². The van der Waals surface area contributed by atoms with Gasteiger partial charge in [0.25, 0.3) is 0 Å². The summed E-state index contributed by atoms with van der Waals surface area (Å²) in [6, 6.07) is 8.02. The van der Waals surface area contributed by atoms with E-state index in [1.807, 2.05) is 24.3 Å². The highest BCUT2D eigenvalue weighted by atomic mass is 127. The lowest BCUT2D eigenvalue weighted by atomic mass is 9.80. The molecular weight excluding hydrogens is 339 g/mol. The third kappa shape index (κ3) is 2.73. The van der Waals surface area contributed by atoms with Gasteiger partial charge in [-0.05, 0) is 68.3 Å². The minimum absolute atomic E-state index is 0.128. The highest BCUT2D eigenvalue weighted by Gasteiger charge is 2.49. The third-order valence-electron chi connectivity index (χ3n) is 3.75. The molecule has 0 aliphatic carbocycles. The van der Waals surface area contributed by atoms with Crippen LogP contribution < -0.4 is 0 Å². The van der Waals surface area contributed by atoms with Crippen molar-refractivity contribution in [2.75, 3.05) is 0 Å². The lowest BCUT2D eigenvalue weighted by Crippen LogP contribution is -2.32. The number of aliphatic hydroxyl groups is 1. The summed E-state index contributed by atoms with van der Waals surface area (Å²) in [5.74, 6) is 0.128. The molecule has 0 radical (unpaired) electrons. The van der Waals surface area contributed by atoms with Gasteiger partial charge < -0.3 is 9.84 Å². The normalized spacial score (nSPS) is 27.1. The Balaban J connectivity index is 2.30. The first-order valence-corrected chi connectivity index (χ1v) is 7.43. The van der Waals surface area contributed by atoms with Crippen molar-refractivity contribution in [3.05, 3.63) is 33.4 Å². The van der Waals surface area contributed by atoms with Crippen LogP contribution in [-0.2, 0) is 4.74 Å². The second kappa shape index (κ2) is 4.76. The molecule has 0 saturated carbocycles. The van der Waals surface area contributed by atoms with Crippen LogP contribution in [0.25, 0.3) is 0 Å². The quantitative estimate of drug-likeness (QED) is 0.811. The van der Waals surface area contributed by atoms with E-state index in [1.54, 1.807) is 0 Å². The Kier molecular flexibility index (Phi) is 3.78. The van der Waals surface area contributed by atoms with Crippen LogP contribution in [0.2, 0.25) is 0 Å². The molecule has 1 N–H and O–H groups in total. The summed E-state index contributed by atoms with van der Waals surface area (Å²) in [7, 11) is 0. The lowest BCUT2D eigenvalue weighted by Gasteiger charge is -2.30. The van der Waals surface area contributed by atoms with Crippen molar-refractivity contribution in [3.8, 4) is 0 Å². The molecule has 0 bridgehead atoms. The van der Waals surface area contributed by atoms with Crippen LogP contribution in [0.1, 0.15) is 45.8 Å². The van der Waals surface area contributed by atoms with Gasteiger partial charge >= 0.3 is 0 Å². The number of aliphatic hydroxyl groups excluding tert-OH is 1. The zero-order valence-electron chi connectivity index (χ0n) is 11.4. The fraction of sp³-hybridized carbons (Fsp3) is 0.600. The monoisotopic (exact) mass is 360 g/mol.